The summed E-state index contributed by atoms with van der Waals surface area (Å²) in [6.07, 6.45) is 0.621. The van der Waals surface area contributed by atoms with Crippen molar-refractivity contribution in [3.8, 4) is 0 Å². The van der Waals surface area contributed by atoms with Gasteiger partial charge in [-0.2, -0.15) is 0 Å². The number of aliphatic carboxylic acids is 1. The van der Waals surface area contributed by atoms with Gasteiger partial charge in [0.15, 0.2) is 0 Å². The average Bonchev–Trinajstić information content (AvgIpc) is 2.76. The fourth-order valence-electron chi connectivity index (χ4n) is 2.19. The first-order valence-corrected chi connectivity index (χ1v) is 6.74. The number of rotatable bonds is 3. The highest BCUT2D eigenvalue weighted by Crippen LogP contribution is 2.18. The van der Waals surface area contributed by atoms with Crippen LogP contribution in [0, 0.1) is 0 Å². The van der Waals surface area contributed by atoms with Crippen molar-refractivity contribution in [1.29, 1.82) is 0 Å². The van der Waals surface area contributed by atoms with E-state index in [9.17, 15) is 19.5 Å². The summed E-state index contributed by atoms with van der Waals surface area (Å²) in [6.45, 7) is -0.284. The van der Waals surface area contributed by atoms with E-state index in [0.29, 0.717) is 4.47 Å². The molecular weight excluding hydrogens is 332 g/mol. The minimum Gasteiger partial charge on any atom is -0.480 e. The Labute approximate surface area is 122 Å². The highest BCUT2D eigenvalue weighted by atomic mass is 79.9. The SMILES string of the molecule is O=C(O)C1CC(O)CN1C(=O)Cn1cc(Br)ccc1=O. The standard InChI is InChI=1S/C12H13BrN2O5/c13-7-1-2-10(17)14(4-7)6-11(18)15-5-8(16)3-9(15)12(19)20/h1-2,4,8-9,16H,3,5-6H2,(H,19,20). The number of carbonyl (C=O) groups is 2. The lowest BCUT2D eigenvalue weighted by atomic mass is 10.2. The van der Waals surface area contributed by atoms with E-state index in [1.807, 2.05) is 0 Å². The zero-order valence-corrected chi connectivity index (χ0v) is 12.0. The Kier molecular flexibility index (Phi) is 4.24. The normalized spacial score (nSPS) is 22.0. The van der Waals surface area contributed by atoms with Crippen LogP contribution in [0.3, 0.4) is 0 Å². The van der Waals surface area contributed by atoms with Gasteiger partial charge in [-0.05, 0) is 22.0 Å². The molecule has 1 aromatic rings. The quantitative estimate of drug-likeness (QED) is 0.781. The summed E-state index contributed by atoms with van der Waals surface area (Å²) in [5, 5.41) is 18.5. The second-order valence-electron chi connectivity index (χ2n) is 4.60. The molecule has 8 heteroatoms. The van der Waals surface area contributed by atoms with Crippen molar-refractivity contribution < 1.29 is 19.8 Å². The van der Waals surface area contributed by atoms with Gasteiger partial charge in [-0.25, -0.2) is 4.79 Å². The number of aliphatic hydroxyl groups excluding tert-OH is 1. The second kappa shape index (κ2) is 5.76. The number of pyridine rings is 1. The molecule has 7 nitrogen and oxygen atoms in total. The van der Waals surface area contributed by atoms with Gasteiger partial charge in [0.05, 0.1) is 6.10 Å². The van der Waals surface area contributed by atoms with Gasteiger partial charge in [-0.15, -0.1) is 0 Å². The van der Waals surface area contributed by atoms with Gasteiger partial charge >= 0.3 is 5.97 Å². The monoisotopic (exact) mass is 344 g/mol. The van der Waals surface area contributed by atoms with Crippen LogP contribution in [0.2, 0.25) is 0 Å². The van der Waals surface area contributed by atoms with E-state index in [2.05, 4.69) is 15.9 Å². The van der Waals surface area contributed by atoms with Crippen molar-refractivity contribution in [2.75, 3.05) is 6.54 Å². The third-order valence-corrected chi connectivity index (χ3v) is 3.61. The van der Waals surface area contributed by atoms with Gasteiger partial charge in [0.1, 0.15) is 12.6 Å². The van der Waals surface area contributed by atoms with Crippen LogP contribution in [-0.4, -0.2) is 50.2 Å². The summed E-state index contributed by atoms with van der Waals surface area (Å²) >= 11 is 3.20. The highest BCUT2D eigenvalue weighted by molar-refractivity contribution is 9.10. The molecule has 0 aliphatic carbocycles. The fraction of sp³-hybridized carbons (Fsp3) is 0.417. The van der Waals surface area contributed by atoms with Crippen LogP contribution in [0.25, 0.3) is 0 Å². The Morgan fingerprint density at radius 2 is 2.10 bits per heavy atom. The number of halogens is 1. The maximum atomic E-state index is 12.1. The maximum Gasteiger partial charge on any atom is 0.326 e. The molecule has 0 radical (unpaired) electrons. The number of nitrogens with zero attached hydrogens (tertiary/aromatic N) is 2. The lowest BCUT2D eigenvalue weighted by molar-refractivity contribution is -0.148. The summed E-state index contributed by atoms with van der Waals surface area (Å²) in [5.41, 5.74) is -0.354. The summed E-state index contributed by atoms with van der Waals surface area (Å²) < 4.78 is 1.83. The molecule has 1 amide bonds. The molecule has 0 aromatic carbocycles. The maximum absolute atomic E-state index is 12.1. The lowest BCUT2D eigenvalue weighted by Gasteiger charge is -2.21. The van der Waals surface area contributed by atoms with Gasteiger partial charge in [0.25, 0.3) is 5.56 Å². The molecule has 2 atom stereocenters. The van der Waals surface area contributed by atoms with Gasteiger partial charge in [0, 0.05) is 29.7 Å². The first kappa shape index (κ1) is 14.7. The molecule has 2 rings (SSSR count). The van der Waals surface area contributed by atoms with Crippen molar-refractivity contribution in [3.05, 3.63) is 33.2 Å². The highest BCUT2D eigenvalue weighted by Gasteiger charge is 2.38. The minimum atomic E-state index is -1.16. The van der Waals surface area contributed by atoms with Crippen LogP contribution in [0.1, 0.15) is 6.42 Å². The van der Waals surface area contributed by atoms with Crippen molar-refractivity contribution in [1.82, 2.24) is 9.47 Å². The Hall–Kier alpha value is -1.67. The zero-order valence-electron chi connectivity index (χ0n) is 10.4. The predicted octanol–water partition coefficient (Wildman–Crippen LogP) is -0.343. The van der Waals surface area contributed by atoms with E-state index in [-0.39, 0.29) is 25.1 Å². The number of carboxylic acid groups (broad SMARTS) is 1. The number of likely N-dealkylation sites (tertiary alicyclic amines) is 1. The number of β-amino-alcohol motifs (C(OH)–C–C–N with tert-alkyl or cyclic N) is 1. The number of hydrogen-bond acceptors (Lipinski definition) is 4. The molecule has 0 spiro atoms. The van der Waals surface area contributed by atoms with E-state index in [0.717, 1.165) is 4.90 Å². The van der Waals surface area contributed by atoms with E-state index >= 15 is 0 Å². The largest absolute Gasteiger partial charge is 0.480 e. The molecule has 1 aliphatic rings. The summed E-state index contributed by atoms with van der Waals surface area (Å²) in [4.78, 5) is 35.9. The molecule has 2 N–H and O–H groups in total. The van der Waals surface area contributed by atoms with Crippen LogP contribution in [0.15, 0.2) is 27.6 Å². The van der Waals surface area contributed by atoms with Crippen LogP contribution < -0.4 is 5.56 Å². The van der Waals surface area contributed by atoms with Gasteiger partial charge in [0.2, 0.25) is 5.91 Å². The average molecular weight is 345 g/mol. The number of amides is 1. The van der Waals surface area contributed by atoms with Crippen LogP contribution in [0.4, 0.5) is 0 Å². The van der Waals surface area contributed by atoms with Gasteiger partial charge in [-0.3, -0.25) is 9.59 Å². The first-order valence-electron chi connectivity index (χ1n) is 5.95. The third-order valence-electron chi connectivity index (χ3n) is 3.14. The van der Waals surface area contributed by atoms with Crippen LogP contribution in [-0.2, 0) is 16.1 Å². The zero-order chi connectivity index (χ0) is 14.9. The number of aliphatic hydroxyl groups is 1. The number of carbonyl (C=O) groups excluding carboxylic acids is 1. The molecule has 2 unspecified atom stereocenters. The van der Waals surface area contributed by atoms with Crippen molar-refractivity contribution >= 4 is 27.8 Å². The number of carboxylic acids is 1. The molecule has 0 bridgehead atoms. The fourth-order valence-corrected chi connectivity index (χ4v) is 2.57. The predicted molar refractivity (Wildman–Crippen MR) is 72.2 cm³/mol. The van der Waals surface area contributed by atoms with Crippen molar-refractivity contribution in [3.63, 3.8) is 0 Å². The van der Waals surface area contributed by atoms with Crippen molar-refractivity contribution in [2.24, 2.45) is 0 Å². The van der Waals surface area contributed by atoms with Gasteiger partial charge in [-0.1, -0.05) is 0 Å². The molecule has 108 valence electrons. The van der Waals surface area contributed by atoms with E-state index in [4.69, 9.17) is 5.11 Å². The van der Waals surface area contributed by atoms with E-state index in [1.165, 1.54) is 16.8 Å². The van der Waals surface area contributed by atoms with E-state index < -0.39 is 24.0 Å². The van der Waals surface area contributed by atoms with E-state index in [1.54, 1.807) is 6.07 Å². The van der Waals surface area contributed by atoms with Gasteiger partial charge < -0.3 is 19.7 Å². The molecule has 1 saturated heterocycles. The Morgan fingerprint density at radius 3 is 2.75 bits per heavy atom. The topological polar surface area (TPSA) is 99.8 Å². The Bertz CT molecular complexity index is 600. The first-order chi connectivity index (χ1) is 9.38. The summed E-state index contributed by atoms with van der Waals surface area (Å²) in [5.74, 6) is -1.66. The lowest BCUT2D eigenvalue weighted by Crippen LogP contribution is -2.43. The third kappa shape index (κ3) is 3.07. The molecular formula is C12H13BrN2O5. The smallest absolute Gasteiger partial charge is 0.326 e. The van der Waals surface area contributed by atoms with Crippen molar-refractivity contribution in [2.45, 2.75) is 25.1 Å². The molecule has 0 saturated carbocycles. The second-order valence-corrected chi connectivity index (χ2v) is 5.52. The number of aromatic nitrogens is 1. The summed E-state index contributed by atoms with van der Waals surface area (Å²) in [6, 6.07) is 1.83. The summed E-state index contributed by atoms with van der Waals surface area (Å²) in [7, 11) is 0. The van der Waals surface area contributed by atoms with Crippen LogP contribution >= 0.6 is 15.9 Å². The minimum absolute atomic E-state index is 0.00839. The van der Waals surface area contributed by atoms with Crippen LogP contribution in [0.5, 0.6) is 0 Å². The Balaban J connectivity index is 2.17. The molecule has 1 aromatic heterocycles. The molecule has 1 aliphatic heterocycles. The molecule has 20 heavy (non-hydrogen) atoms. The molecule has 1 fully saturated rings. The number of hydrogen-bond donors (Lipinski definition) is 2. The Morgan fingerprint density at radius 1 is 1.40 bits per heavy atom. The molecule has 2 heterocycles.